The van der Waals surface area contributed by atoms with E-state index in [1.165, 1.54) is 44.2 Å². The smallest absolute Gasteiger partial charge is 0.137 e. The van der Waals surface area contributed by atoms with Crippen LogP contribution in [0.15, 0.2) is 36.4 Å². The van der Waals surface area contributed by atoms with Crippen LogP contribution in [0.25, 0.3) is 22.0 Å². The van der Waals surface area contributed by atoms with Crippen LogP contribution >= 0.6 is 0 Å². The molecule has 1 aromatic carbocycles. The lowest BCUT2D eigenvalue weighted by Gasteiger charge is -2.36. The van der Waals surface area contributed by atoms with Crippen LogP contribution in [-0.2, 0) is 6.42 Å². The number of hydrogen-bond acceptors (Lipinski definition) is 4. The predicted octanol–water partition coefficient (Wildman–Crippen LogP) is 5.74. The molecule has 4 rings (SSSR count). The highest BCUT2D eigenvalue weighted by molar-refractivity contribution is 5.90. The SMILES string of the molecule is CCc1nc(N)ccc1-c1cc2ccc(F)cc2nc1N(CC)C1CCCCC1. The molecule has 0 radical (unpaired) electrons. The Kier molecular flexibility index (Phi) is 5.65. The molecule has 3 aromatic rings. The van der Waals surface area contributed by atoms with Gasteiger partial charge in [0.2, 0.25) is 0 Å². The minimum Gasteiger partial charge on any atom is -0.384 e. The average molecular weight is 393 g/mol. The van der Waals surface area contributed by atoms with Crippen molar-refractivity contribution in [2.75, 3.05) is 17.2 Å². The molecule has 5 heteroatoms. The summed E-state index contributed by atoms with van der Waals surface area (Å²) in [6.07, 6.45) is 6.95. The van der Waals surface area contributed by atoms with E-state index in [0.29, 0.717) is 17.4 Å². The van der Waals surface area contributed by atoms with Gasteiger partial charge in [0.1, 0.15) is 17.5 Å². The lowest BCUT2D eigenvalue weighted by molar-refractivity contribution is 0.416. The van der Waals surface area contributed by atoms with Crippen molar-refractivity contribution in [3.05, 3.63) is 47.9 Å². The molecule has 0 aliphatic heterocycles. The zero-order chi connectivity index (χ0) is 20.4. The molecule has 0 bridgehead atoms. The van der Waals surface area contributed by atoms with Crippen LogP contribution in [0.4, 0.5) is 16.0 Å². The van der Waals surface area contributed by atoms with Crippen molar-refractivity contribution in [3.63, 3.8) is 0 Å². The largest absolute Gasteiger partial charge is 0.384 e. The van der Waals surface area contributed by atoms with E-state index in [1.54, 1.807) is 6.07 Å². The Labute approximate surface area is 172 Å². The van der Waals surface area contributed by atoms with Gasteiger partial charge in [0.05, 0.1) is 11.2 Å². The molecule has 0 saturated heterocycles. The topological polar surface area (TPSA) is 55.0 Å². The third kappa shape index (κ3) is 3.91. The second-order valence-corrected chi connectivity index (χ2v) is 7.86. The van der Waals surface area contributed by atoms with Gasteiger partial charge >= 0.3 is 0 Å². The molecule has 0 unspecified atom stereocenters. The molecular weight excluding hydrogens is 363 g/mol. The summed E-state index contributed by atoms with van der Waals surface area (Å²) in [6.45, 7) is 5.14. The summed E-state index contributed by atoms with van der Waals surface area (Å²) in [5, 5.41) is 0.934. The third-order valence-electron chi connectivity index (χ3n) is 6.01. The second-order valence-electron chi connectivity index (χ2n) is 7.86. The van der Waals surface area contributed by atoms with Crippen LogP contribution in [0.2, 0.25) is 0 Å². The van der Waals surface area contributed by atoms with Crippen molar-refractivity contribution in [2.45, 2.75) is 58.4 Å². The maximum absolute atomic E-state index is 13.9. The summed E-state index contributed by atoms with van der Waals surface area (Å²) >= 11 is 0. The van der Waals surface area contributed by atoms with Crippen LogP contribution < -0.4 is 10.6 Å². The van der Waals surface area contributed by atoms with Gasteiger partial charge in [0.15, 0.2) is 0 Å². The highest BCUT2D eigenvalue weighted by atomic mass is 19.1. The van der Waals surface area contributed by atoms with Crippen LogP contribution in [0.5, 0.6) is 0 Å². The van der Waals surface area contributed by atoms with E-state index in [4.69, 9.17) is 10.7 Å². The van der Waals surface area contributed by atoms with Crippen molar-refractivity contribution >= 4 is 22.5 Å². The Balaban J connectivity index is 1.94. The summed E-state index contributed by atoms with van der Waals surface area (Å²) in [7, 11) is 0. The molecule has 152 valence electrons. The maximum Gasteiger partial charge on any atom is 0.137 e. The molecule has 1 aliphatic carbocycles. The first kappa shape index (κ1) is 19.6. The number of hydrogen-bond donors (Lipinski definition) is 1. The number of aryl methyl sites for hydroxylation is 1. The third-order valence-corrected chi connectivity index (χ3v) is 6.01. The standard InChI is InChI=1S/C24H29FN4/c1-3-21-19(12-13-23(26)27-21)20-14-16-10-11-17(25)15-22(16)28-24(20)29(4-2)18-8-6-5-7-9-18/h10-15,18H,3-9H2,1-2H3,(H2,26,27). The lowest BCUT2D eigenvalue weighted by atomic mass is 9.93. The number of nitrogens with two attached hydrogens (primary N) is 1. The molecular formula is C24H29FN4. The minimum absolute atomic E-state index is 0.257. The Bertz CT molecular complexity index is 1010. The molecule has 2 N–H and O–H groups in total. The minimum atomic E-state index is -0.257. The van der Waals surface area contributed by atoms with Gasteiger partial charge in [-0.3, -0.25) is 0 Å². The van der Waals surface area contributed by atoms with Crippen molar-refractivity contribution < 1.29 is 4.39 Å². The number of anilines is 2. The predicted molar refractivity (Wildman–Crippen MR) is 119 cm³/mol. The van der Waals surface area contributed by atoms with E-state index in [9.17, 15) is 4.39 Å². The lowest BCUT2D eigenvalue weighted by Crippen LogP contribution is -2.37. The number of halogens is 1. The van der Waals surface area contributed by atoms with Gasteiger partial charge in [-0.05, 0) is 56.5 Å². The number of benzene rings is 1. The Hall–Kier alpha value is -2.69. The number of nitrogen functional groups attached to an aromatic ring is 1. The van der Waals surface area contributed by atoms with Crippen molar-refractivity contribution in [3.8, 4) is 11.1 Å². The molecule has 29 heavy (non-hydrogen) atoms. The Morgan fingerprint density at radius 2 is 1.79 bits per heavy atom. The monoisotopic (exact) mass is 392 g/mol. The summed E-state index contributed by atoms with van der Waals surface area (Å²) in [5.74, 6) is 1.20. The summed E-state index contributed by atoms with van der Waals surface area (Å²) in [4.78, 5) is 12.0. The normalized spacial score (nSPS) is 15.0. The fourth-order valence-electron chi connectivity index (χ4n) is 4.55. The van der Waals surface area contributed by atoms with E-state index in [2.05, 4.69) is 29.8 Å². The first-order valence-corrected chi connectivity index (χ1v) is 10.7. The van der Waals surface area contributed by atoms with Crippen LogP contribution in [0, 0.1) is 5.82 Å². The van der Waals surface area contributed by atoms with Crippen LogP contribution in [0.3, 0.4) is 0 Å². The molecule has 4 nitrogen and oxygen atoms in total. The number of aromatic nitrogens is 2. The molecule has 2 heterocycles. The van der Waals surface area contributed by atoms with Crippen LogP contribution in [-0.4, -0.2) is 22.6 Å². The molecule has 1 fully saturated rings. The van der Waals surface area contributed by atoms with Gasteiger partial charge in [0.25, 0.3) is 0 Å². The zero-order valence-corrected chi connectivity index (χ0v) is 17.3. The first-order valence-electron chi connectivity index (χ1n) is 10.7. The van der Waals surface area contributed by atoms with Gasteiger partial charge < -0.3 is 10.6 Å². The fourth-order valence-corrected chi connectivity index (χ4v) is 4.55. The van der Waals surface area contributed by atoms with Crippen molar-refractivity contribution in [1.29, 1.82) is 0 Å². The van der Waals surface area contributed by atoms with Gasteiger partial charge in [0, 0.05) is 35.2 Å². The summed E-state index contributed by atoms with van der Waals surface area (Å²) in [5.41, 5.74) is 9.73. The second kappa shape index (κ2) is 8.36. The Morgan fingerprint density at radius 3 is 2.52 bits per heavy atom. The van der Waals surface area contributed by atoms with Crippen LogP contribution in [0.1, 0.15) is 51.6 Å². The number of fused-ring (bicyclic) bond motifs is 1. The summed E-state index contributed by atoms with van der Waals surface area (Å²) in [6, 6.07) is 11.3. The fraction of sp³-hybridized carbons (Fsp3) is 0.417. The molecule has 0 spiro atoms. The number of pyridine rings is 2. The molecule has 1 aliphatic rings. The molecule has 0 atom stereocenters. The number of nitrogens with zero attached hydrogens (tertiary/aromatic N) is 3. The highest BCUT2D eigenvalue weighted by Gasteiger charge is 2.25. The van der Waals surface area contributed by atoms with E-state index < -0.39 is 0 Å². The highest BCUT2D eigenvalue weighted by Crippen LogP contribution is 2.37. The van der Waals surface area contributed by atoms with Gasteiger partial charge in [-0.25, -0.2) is 14.4 Å². The van der Waals surface area contributed by atoms with Gasteiger partial charge in [-0.15, -0.1) is 0 Å². The van der Waals surface area contributed by atoms with Crippen molar-refractivity contribution in [2.24, 2.45) is 0 Å². The van der Waals surface area contributed by atoms with E-state index in [0.717, 1.165) is 41.0 Å². The van der Waals surface area contributed by atoms with Gasteiger partial charge in [-0.1, -0.05) is 26.2 Å². The number of rotatable bonds is 5. The molecule has 0 amide bonds. The van der Waals surface area contributed by atoms with E-state index in [-0.39, 0.29) is 5.82 Å². The van der Waals surface area contributed by atoms with Gasteiger partial charge in [-0.2, -0.15) is 0 Å². The Morgan fingerprint density at radius 1 is 1.00 bits per heavy atom. The molecule has 1 saturated carbocycles. The van der Waals surface area contributed by atoms with E-state index in [1.807, 2.05) is 12.1 Å². The van der Waals surface area contributed by atoms with E-state index >= 15 is 0 Å². The average Bonchev–Trinajstić information content (AvgIpc) is 2.74. The van der Waals surface area contributed by atoms with Crippen molar-refractivity contribution in [1.82, 2.24) is 9.97 Å². The summed E-state index contributed by atoms with van der Waals surface area (Å²) < 4.78 is 13.9. The quantitative estimate of drug-likeness (QED) is 0.601. The first-order chi connectivity index (χ1) is 14.1. The zero-order valence-electron chi connectivity index (χ0n) is 17.3. The maximum atomic E-state index is 13.9. The molecule has 2 aromatic heterocycles.